The predicted octanol–water partition coefficient (Wildman–Crippen LogP) is 0.559. The molecule has 0 bridgehead atoms. The molecule has 0 atom stereocenters. The topological polar surface area (TPSA) is 60.6 Å². The molecule has 0 fully saturated rings. The standard InChI is InChI=1S/C11H18N6/c1-3-5-12-7-11-13-9-17(15-11)8-10-4-6-16(2)14-10/h4,6,9,12H,3,5,7-8H2,1-2H3. The minimum absolute atomic E-state index is 0.668. The van der Waals surface area contributed by atoms with Gasteiger partial charge in [0.1, 0.15) is 6.33 Å². The van der Waals surface area contributed by atoms with Gasteiger partial charge >= 0.3 is 0 Å². The van der Waals surface area contributed by atoms with Gasteiger partial charge in [0.15, 0.2) is 5.82 Å². The lowest BCUT2D eigenvalue weighted by Gasteiger charge is -1.98. The van der Waals surface area contributed by atoms with E-state index in [1.54, 1.807) is 11.0 Å². The van der Waals surface area contributed by atoms with Crippen molar-refractivity contribution in [2.45, 2.75) is 26.4 Å². The molecule has 0 spiro atoms. The van der Waals surface area contributed by atoms with Crippen molar-refractivity contribution in [2.75, 3.05) is 6.54 Å². The summed E-state index contributed by atoms with van der Waals surface area (Å²) < 4.78 is 3.60. The Balaban J connectivity index is 1.89. The van der Waals surface area contributed by atoms with Gasteiger partial charge in [0, 0.05) is 13.2 Å². The van der Waals surface area contributed by atoms with Crippen molar-refractivity contribution < 1.29 is 0 Å². The summed E-state index contributed by atoms with van der Waals surface area (Å²) in [6.07, 6.45) is 4.79. The van der Waals surface area contributed by atoms with E-state index in [-0.39, 0.29) is 0 Å². The Bertz CT molecular complexity index is 458. The van der Waals surface area contributed by atoms with Crippen molar-refractivity contribution in [2.24, 2.45) is 7.05 Å². The van der Waals surface area contributed by atoms with Gasteiger partial charge in [-0.15, -0.1) is 0 Å². The molecule has 0 amide bonds. The molecule has 0 aliphatic rings. The van der Waals surface area contributed by atoms with Crippen LogP contribution in [0.1, 0.15) is 24.9 Å². The molecule has 0 unspecified atom stereocenters. The van der Waals surface area contributed by atoms with Gasteiger partial charge in [0.25, 0.3) is 0 Å². The molecule has 2 heterocycles. The number of nitrogens with one attached hydrogen (secondary N) is 1. The molecule has 0 aliphatic carbocycles. The largest absolute Gasteiger partial charge is 0.310 e. The highest BCUT2D eigenvalue weighted by atomic mass is 15.3. The summed E-state index contributed by atoms with van der Waals surface area (Å²) in [4.78, 5) is 4.25. The Morgan fingerprint density at radius 1 is 1.35 bits per heavy atom. The Kier molecular flexibility index (Phi) is 3.87. The summed E-state index contributed by atoms with van der Waals surface area (Å²) in [7, 11) is 1.91. The summed E-state index contributed by atoms with van der Waals surface area (Å²) in [5.41, 5.74) is 0.991. The van der Waals surface area contributed by atoms with Crippen molar-refractivity contribution in [1.82, 2.24) is 29.9 Å². The SMILES string of the molecule is CCCNCc1ncn(Cc2ccn(C)n2)n1. The van der Waals surface area contributed by atoms with E-state index in [2.05, 4.69) is 27.4 Å². The van der Waals surface area contributed by atoms with Crippen LogP contribution < -0.4 is 5.32 Å². The van der Waals surface area contributed by atoms with Crippen LogP contribution in [-0.4, -0.2) is 31.1 Å². The van der Waals surface area contributed by atoms with E-state index in [0.29, 0.717) is 6.54 Å². The first kappa shape index (κ1) is 11.8. The average molecular weight is 234 g/mol. The molecule has 6 heteroatoms. The third-order valence-corrected chi connectivity index (χ3v) is 2.39. The Hall–Kier alpha value is -1.69. The number of hydrogen-bond donors (Lipinski definition) is 1. The van der Waals surface area contributed by atoms with Crippen LogP contribution in [0.4, 0.5) is 0 Å². The lowest BCUT2D eigenvalue weighted by Crippen LogP contribution is -2.15. The predicted molar refractivity (Wildman–Crippen MR) is 64.3 cm³/mol. The van der Waals surface area contributed by atoms with E-state index in [9.17, 15) is 0 Å². The van der Waals surface area contributed by atoms with E-state index in [1.165, 1.54) is 0 Å². The third kappa shape index (κ3) is 3.39. The van der Waals surface area contributed by atoms with Gasteiger partial charge in [0.05, 0.1) is 18.8 Å². The van der Waals surface area contributed by atoms with Gasteiger partial charge in [-0.25, -0.2) is 9.67 Å². The van der Waals surface area contributed by atoms with Crippen LogP contribution in [0.3, 0.4) is 0 Å². The maximum absolute atomic E-state index is 4.38. The molecule has 1 N–H and O–H groups in total. The normalized spacial score (nSPS) is 10.9. The minimum atomic E-state index is 0.668. The van der Waals surface area contributed by atoms with Gasteiger partial charge < -0.3 is 5.32 Å². The second kappa shape index (κ2) is 5.58. The molecule has 0 saturated carbocycles. The first-order valence-corrected chi connectivity index (χ1v) is 5.85. The maximum atomic E-state index is 4.38. The fraction of sp³-hybridized carbons (Fsp3) is 0.545. The Labute approximate surface area is 101 Å². The molecule has 0 aliphatic heterocycles. The molecule has 2 aromatic rings. The molecule has 17 heavy (non-hydrogen) atoms. The summed E-state index contributed by atoms with van der Waals surface area (Å²) in [5, 5.41) is 12.0. The molecular weight excluding hydrogens is 216 g/mol. The number of rotatable bonds is 6. The summed E-state index contributed by atoms with van der Waals surface area (Å²) in [5.74, 6) is 0.828. The molecule has 2 aromatic heterocycles. The van der Waals surface area contributed by atoms with E-state index < -0.39 is 0 Å². The number of nitrogens with zero attached hydrogens (tertiary/aromatic N) is 5. The van der Waals surface area contributed by atoms with E-state index in [0.717, 1.165) is 31.0 Å². The summed E-state index contributed by atoms with van der Waals surface area (Å²) >= 11 is 0. The molecule has 2 rings (SSSR count). The van der Waals surface area contributed by atoms with Crippen LogP contribution in [0.2, 0.25) is 0 Å². The zero-order chi connectivity index (χ0) is 12.1. The van der Waals surface area contributed by atoms with Crippen LogP contribution in [0.15, 0.2) is 18.6 Å². The van der Waals surface area contributed by atoms with E-state index in [1.807, 2.05) is 24.0 Å². The smallest absolute Gasteiger partial charge is 0.164 e. The zero-order valence-corrected chi connectivity index (χ0v) is 10.3. The molecule has 0 saturated heterocycles. The van der Waals surface area contributed by atoms with Crippen molar-refractivity contribution in [3.8, 4) is 0 Å². The van der Waals surface area contributed by atoms with Crippen LogP contribution in [0.25, 0.3) is 0 Å². The van der Waals surface area contributed by atoms with Crippen molar-refractivity contribution in [3.05, 3.63) is 30.1 Å². The van der Waals surface area contributed by atoms with Crippen molar-refractivity contribution in [3.63, 3.8) is 0 Å². The van der Waals surface area contributed by atoms with Gasteiger partial charge in [-0.05, 0) is 19.0 Å². The number of aryl methyl sites for hydroxylation is 1. The zero-order valence-electron chi connectivity index (χ0n) is 10.3. The molecule has 6 nitrogen and oxygen atoms in total. The number of hydrogen-bond acceptors (Lipinski definition) is 4. The maximum Gasteiger partial charge on any atom is 0.164 e. The van der Waals surface area contributed by atoms with Crippen LogP contribution in [-0.2, 0) is 20.1 Å². The Morgan fingerprint density at radius 2 is 2.24 bits per heavy atom. The first-order chi connectivity index (χ1) is 8.28. The summed E-state index contributed by atoms with van der Waals surface area (Å²) in [6.45, 7) is 4.53. The molecular formula is C11H18N6. The van der Waals surface area contributed by atoms with Gasteiger partial charge in [-0.3, -0.25) is 4.68 Å². The highest BCUT2D eigenvalue weighted by Gasteiger charge is 2.02. The van der Waals surface area contributed by atoms with Gasteiger partial charge in [-0.1, -0.05) is 6.92 Å². The average Bonchev–Trinajstić information content (AvgIpc) is 2.90. The first-order valence-electron chi connectivity index (χ1n) is 5.85. The quantitative estimate of drug-likeness (QED) is 0.742. The number of aromatic nitrogens is 5. The molecule has 0 aromatic carbocycles. The second-order valence-corrected chi connectivity index (χ2v) is 4.02. The van der Waals surface area contributed by atoms with E-state index >= 15 is 0 Å². The van der Waals surface area contributed by atoms with Crippen LogP contribution in [0.5, 0.6) is 0 Å². The van der Waals surface area contributed by atoms with Crippen LogP contribution in [0, 0.1) is 0 Å². The van der Waals surface area contributed by atoms with Gasteiger partial charge in [-0.2, -0.15) is 10.2 Å². The minimum Gasteiger partial charge on any atom is -0.310 e. The van der Waals surface area contributed by atoms with Crippen molar-refractivity contribution in [1.29, 1.82) is 0 Å². The molecule has 0 radical (unpaired) electrons. The highest BCUT2D eigenvalue weighted by Crippen LogP contribution is 1.98. The lowest BCUT2D eigenvalue weighted by molar-refractivity contribution is 0.614. The molecule has 92 valence electrons. The summed E-state index contributed by atoms with van der Waals surface area (Å²) in [6, 6.07) is 1.98. The monoisotopic (exact) mass is 234 g/mol. The third-order valence-electron chi connectivity index (χ3n) is 2.39. The van der Waals surface area contributed by atoms with E-state index in [4.69, 9.17) is 0 Å². The van der Waals surface area contributed by atoms with Crippen molar-refractivity contribution >= 4 is 0 Å². The fourth-order valence-electron chi connectivity index (χ4n) is 1.58. The highest BCUT2D eigenvalue weighted by molar-refractivity contribution is 4.99. The lowest BCUT2D eigenvalue weighted by atomic mass is 10.4. The fourth-order valence-corrected chi connectivity index (χ4v) is 1.58. The Morgan fingerprint density at radius 3 is 2.94 bits per heavy atom. The van der Waals surface area contributed by atoms with Crippen LogP contribution >= 0.6 is 0 Å². The van der Waals surface area contributed by atoms with Gasteiger partial charge in [0.2, 0.25) is 0 Å². The second-order valence-electron chi connectivity index (χ2n) is 4.02.